The first-order valence-corrected chi connectivity index (χ1v) is 8.19. The van der Waals surface area contributed by atoms with Gasteiger partial charge in [0, 0.05) is 11.3 Å². The molecule has 1 aromatic carbocycles. The van der Waals surface area contributed by atoms with E-state index in [1.807, 2.05) is 30.3 Å². The summed E-state index contributed by atoms with van der Waals surface area (Å²) in [7, 11) is 0. The molecule has 10 heteroatoms. The summed E-state index contributed by atoms with van der Waals surface area (Å²) in [4.78, 5) is 12.8. The second kappa shape index (κ2) is 6.75. The zero-order valence-electron chi connectivity index (χ0n) is 13.8. The summed E-state index contributed by atoms with van der Waals surface area (Å²) < 4.78 is 5.82. The molecule has 0 saturated heterocycles. The van der Waals surface area contributed by atoms with E-state index in [-0.39, 0.29) is 17.3 Å². The molecule has 1 aliphatic carbocycles. The number of rotatable bonds is 4. The van der Waals surface area contributed by atoms with Crippen LogP contribution in [0.25, 0.3) is 17.1 Å². The van der Waals surface area contributed by atoms with Crippen LogP contribution in [-0.4, -0.2) is 36.9 Å². The number of hydrogen-bond donors (Lipinski definition) is 2. The van der Waals surface area contributed by atoms with Crippen LogP contribution in [0.1, 0.15) is 36.2 Å². The van der Waals surface area contributed by atoms with E-state index in [1.165, 1.54) is 4.68 Å². The zero-order valence-corrected chi connectivity index (χ0v) is 13.8. The van der Waals surface area contributed by atoms with Gasteiger partial charge in [-0.15, -0.1) is 5.10 Å². The molecule has 1 amide bonds. The molecule has 0 radical (unpaired) electrons. The van der Waals surface area contributed by atoms with Gasteiger partial charge in [-0.05, 0) is 36.0 Å². The third-order valence-electron chi connectivity index (χ3n) is 4.13. The Kier molecular flexibility index (Phi) is 4.14. The van der Waals surface area contributed by atoms with Crippen molar-refractivity contribution in [1.29, 1.82) is 0 Å². The molecule has 0 aliphatic heterocycles. The van der Waals surface area contributed by atoms with Gasteiger partial charge in [0.25, 0.3) is 5.91 Å². The van der Waals surface area contributed by atoms with E-state index in [0.29, 0.717) is 5.69 Å². The number of nitrogen functional groups attached to an aromatic ring is 1. The van der Waals surface area contributed by atoms with Crippen molar-refractivity contribution in [2.75, 3.05) is 5.73 Å². The van der Waals surface area contributed by atoms with Crippen LogP contribution in [0.3, 0.4) is 0 Å². The highest BCUT2D eigenvalue weighted by atomic mass is 16.6. The Balaban J connectivity index is 1.76. The summed E-state index contributed by atoms with van der Waals surface area (Å²) in [5.41, 5.74) is 10.6. The zero-order chi connectivity index (χ0) is 17.9. The van der Waals surface area contributed by atoms with Gasteiger partial charge in [0.2, 0.25) is 11.6 Å². The molecule has 4 rings (SSSR count). The number of benzene rings is 1. The number of amides is 1. The van der Waals surface area contributed by atoms with Crippen LogP contribution in [0.4, 0.5) is 5.82 Å². The SMILES string of the molecule is Nc1nonc1-n1nnc(-c2ccccc2)c1C(=O)NN=C1CCCC1. The van der Waals surface area contributed by atoms with Crippen LogP contribution >= 0.6 is 0 Å². The molecule has 1 fully saturated rings. The van der Waals surface area contributed by atoms with Gasteiger partial charge in [-0.25, -0.2) is 10.1 Å². The van der Waals surface area contributed by atoms with Crippen molar-refractivity contribution in [3.05, 3.63) is 36.0 Å². The topological polar surface area (TPSA) is 137 Å². The van der Waals surface area contributed by atoms with Crippen molar-refractivity contribution in [2.45, 2.75) is 25.7 Å². The Morgan fingerprint density at radius 3 is 2.65 bits per heavy atom. The highest BCUT2D eigenvalue weighted by Gasteiger charge is 2.26. The molecular formula is C16H16N8O2. The number of anilines is 1. The van der Waals surface area contributed by atoms with E-state index in [4.69, 9.17) is 5.73 Å². The molecule has 3 aromatic rings. The normalized spacial score (nSPS) is 13.8. The summed E-state index contributed by atoms with van der Waals surface area (Å²) in [5.74, 6) is -0.361. The van der Waals surface area contributed by atoms with Crippen LogP contribution in [0, 0.1) is 0 Å². The van der Waals surface area contributed by atoms with E-state index >= 15 is 0 Å². The number of nitrogens with zero attached hydrogens (tertiary/aromatic N) is 6. The Bertz CT molecular complexity index is 952. The lowest BCUT2D eigenvalue weighted by molar-refractivity contribution is 0.0947. The quantitative estimate of drug-likeness (QED) is 0.680. The van der Waals surface area contributed by atoms with Crippen LogP contribution < -0.4 is 11.2 Å². The van der Waals surface area contributed by atoms with Crippen molar-refractivity contribution < 1.29 is 9.42 Å². The van der Waals surface area contributed by atoms with Crippen LogP contribution in [-0.2, 0) is 0 Å². The first kappa shape index (κ1) is 15.9. The van der Waals surface area contributed by atoms with Crippen LogP contribution in [0.5, 0.6) is 0 Å². The number of hydrazone groups is 1. The number of nitrogens with one attached hydrogen (secondary N) is 1. The lowest BCUT2D eigenvalue weighted by atomic mass is 10.1. The van der Waals surface area contributed by atoms with E-state index in [1.54, 1.807) is 0 Å². The first-order valence-electron chi connectivity index (χ1n) is 8.19. The van der Waals surface area contributed by atoms with E-state index in [9.17, 15) is 4.79 Å². The molecule has 0 atom stereocenters. The molecule has 2 aromatic heterocycles. The van der Waals surface area contributed by atoms with Crippen molar-refractivity contribution in [2.24, 2.45) is 5.10 Å². The van der Waals surface area contributed by atoms with Gasteiger partial charge in [-0.2, -0.15) is 9.78 Å². The summed E-state index contributed by atoms with van der Waals surface area (Å²) in [6.07, 6.45) is 3.96. The van der Waals surface area contributed by atoms with Crippen LogP contribution in [0.2, 0.25) is 0 Å². The smallest absolute Gasteiger partial charge is 0.292 e. The fraction of sp³-hybridized carbons (Fsp3) is 0.250. The summed E-state index contributed by atoms with van der Waals surface area (Å²) in [5, 5.41) is 19.6. The molecule has 1 aliphatic rings. The average Bonchev–Trinajstić information content (AvgIpc) is 3.40. The van der Waals surface area contributed by atoms with E-state index in [0.717, 1.165) is 37.0 Å². The number of nitrogens with two attached hydrogens (primary N) is 1. The van der Waals surface area contributed by atoms with Crippen molar-refractivity contribution in [3.8, 4) is 17.1 Å². The maximum absolute atomic E-state index is 12.8. The monoisotopic (exact) mass is 352 g/mol. The molecule has 0 unspecified atom stereocenters. The Morgan fingerprint density at radius 2 is 1.96 bits per heavy atom. The van der Waals surface area contributed by atoms with E-state index in [2.05, 4.69) is 35.8 Å². The molecule has 132 valence electrons. The molecule has 26 heavy (non-hydrogen) atoms. The van der Waals surface area contributed by atoms with Crippen molar-refractivity contribution in [3.63, 3.8) is 0 Å². The minimum absolute atomic E-state index is 0.00525. The Hall–Kier alpha value is -3.56. The molecule has 2 heterocycles. The number of carbonyl (C=O) groups is 1. The van der Waals surface area contributed by atoms with Gasteiger partial charge in [-0.1, -0.05) is 35.5 Å². The van der Waals surface area contributed by atoms with Gasteiger partial charge in [-0.3, -0.25) is 4.79 Å². The molecule has 0 spiro atoms. The van der Waals surface area contributed by atoms with Crippen LogP contribution in [0.15, 0.2) is 40.1 Å². The fourth-order valence-electron chi connectivity index (χ4n) is 2.84. The average molecular weight is 352 g/mol. The van der Waals surface area contributed by atoms with Gasteiger partial charge in [0.1, 0.15) is 5.69 Å². The summed E-state index contributed by atoms with van der Waals surface area (Å²) in [6, 6.07) is 9.23. The van der Waals surface area contributed by atoms with Gasteiger partial charge >= 0.3 is 0 Å². The molecule has 0 bridgehead atoms. The molecule has 1 saturated carbocycles. The minimum Gasteiger partial charge on any atom is -0.378 e. The Labute approximate surface area is 148 Å². The fourth-order valence-corrected chi connectivity index (χ4v) is 2.84. The third kappa shape index (κ3) is 2.92. The van der Waals surface area contributed by atoms with Gasteiger partial charge in [0.05, 0.1) is 0 Å². The molecule has 3 N–H and O–H groups in total. The number of aromatic nitrogens is 5. The lowest BCUT2D eigenvalue weighted by Crippen LogP contribution is -2.23. The second-order valence-corrected chi connectivity index (χ2v) is 5.86. The van der Waals surface area contributed by atoms with E-state index < -0.39 is 5.91 Å². The highest BCUT2D eigenvalue weighted by Crippen LogP contribution is 2.24. The maximum atomic E-state index is 12.8. The lowest BCUT2D eigenvalue weighted by Gasteiger charge is -2.05. The number of hydrogen-bond acceptors (Lipinski definition) is 8. The third-order valence-corrected chi connectivity index (χ3v) is 4.13. The standard InChI is InChI=1S/C16H16N8O2/c17-14-15(22-26-21-14)24-13(16(25)20-18-11-8-4-5-9-11)12(19-23-24)10-6-2-1-3-7-10/h1-3,6-7H,4-5,8-9H2,(H2,17,21)(H,20,25). The minimum atomic E-state index is -0.462. The highest BCUT2D eigenvalue weighted by molar-refractivity contribution is 5.99. The van der Waals surface area contributed by atoms with Crippen molar-refractivity contribution >= 4 is 17.4 Å². The Morgan fingerprint density at radius 1 is 1.19 bits per heavy atom. The summed E-state index contributed by atoms with van der Waals surface area (Å²) in [6.45, 7) is 0. The maximum Gasteiger partial charge on any atom is 0.292 e. The number of carbonyl (C=O) groups excluding carboxylic acids is 1. The predicted molar refractivity (Wildman–Crippen MR) is 92.4 cm³/mol. The first-order chi connectivity index (χ1) is 12.7. The van der Waals surface area contributed by atoms with Gasteiger partial charge < -0.3 is 5.73 Å². The predicted octanol–water partition coefficient (Wildman–Crippen LogP) is 1.56. The van der Waals surface area contributed by atoms with Gasteiger partial charge in [0.15, 0.2) is 5.69 Å². The second-order valence-electron chi connectivity index (χ2n) is 5.86. The van der Waals surface area contributed by atoms with Crippen molar-refractivity contribution in [1.82, 2.24) is 30.7 Å². The summed E-state index contributed by atoms with van der Waals surface area (Å²) >= 11 is 0. The molecule has 10 nitrogen and oxygen atoms in total. The molecular weight excluding hydrogens is 336 g/mol. The largest absolute Gasteiger partial charge is 0.378 e.